The molecule has 1 unspecified atom stereocenters. The molecule has 0 saturated heterocycles. The van der Waals surface area contributed by atoms with E-state index in [2.05, 4.69) is 5.32 Å². The zero-order chi connectivity index (χ0) is 12.3. The van der Waals surface area contributed by atoms with Crippen LogP contribution in [0.25, 0.3) is 0 Å². The Labute approximate surface area is 95.5 Å². The van der Waals surface area contributed by atoms with E-state index in [4.69, 9.17) is 16.2 Å². The van der Waals surface area contributed by atoms with Gasteiger partial charge in [-0.3, -0.25) is 5.32 Å². The van der Waals surface area contributed by atoms with E-state index in [-0.39, 0.29) is 6.04 Å². The van der Waals surface area contributed by atoms with Gasteiger partial charge in [0.25, 0.3) is 0 Å². The van der Waals surface area contributed by atoms with E-state index in [1.54, 1.807) is 32.9 Å². The van der Waals surface area contributed by atoms with Gasteiger partial charge in [-0.15, -0.1) is 0 Å². The Morgan fingerprint density at radius 2 is 2.19 bits per heavy atom. The Hall–Kier alpha value is -1.49. The van der Waals surface area contributed by atoms with Gasteiger partial charge in [0, 0.05) is 6.04 Å². The number of alkyl carbamates (subject to hydrolysis) is 1. The second-order valence-electron chi connectivity index (χ2n) is 4.77. The molecule has 0 aromatic carbocycles. The largest absolute Gasteiger partial charge is 0.444 e. The topological polar surface area (TPSA) is 90.4 Å². The molecule has 0 radical (unpaired) electrons. The molecule has 0 aliphatic heterocycles. The van der Waals surface area contributed by atoms with E-state index >= 15 is 0 Å². The molecule has 1 amide bonds. The van der Waals surface area contributed by atoms with E-state index in [9.17, 15) is 4.79 Å². The molecule has 0 spiro atoms. The van der Waals surface area contributed by atoms with Crippen LogP contribution in [-0.4, -0.2) is 17.7 Å². The van der Waals surface area contributed by atoms with Gasteiger partial charge in [0.1, 0.15) is 5.60 Å². The molecule has 1 aliphatic carbocycles. The standard InChI is InChI=1S/C11H19N3O2/c1-11(2,3)16-10(15)14-9-6-7(12)4-5-8(9)13/h5-7H,4,12-13H2,1-3H3,(H,14,15). The number of amides is 1. The van der Waals surface area contributed by atoms with Crippen LogP contribution in [0.3, 0.4) is 0 Å². The van der Waals surface area contributed by atoms with Crippen molar-refractivity contribution >= 4 is 6.09 Å². The van der Waals surface area contributed by atoms with Crippen LogP contribution in [0.5, 0.6) is 0 Å². The predicted octanol–water partition coefficient (Wildman–Crippen LogP) is 0.969. The second-order valence-corrected chi connectivity index (χ2v) is 4.77. The maximum atomic E-state index is 11.5. The first kappa shape index (κ1) is 12.6. The van der Waals surface area contributed by atoms with Crippen molar-refractivity contribution in [2.24, 2.45) is 11.5 Å². The molecule has 90 valence electrons. The van der Waals surface area contributed by atoms with Crippen LogP contribution in [0, 0.1) is 0 Å². The molecule has 0 heterocycles. The molecule has 5 heteroatoms. The fraction of sp³-hybridized carbons (Fsp3) is 0.545. The van der Waals surface area contributed by atoms with Crippen LogP contribution in [0.4, 0.5) is 4.79 Å². The van der Waals surface area contributed by atoms with E-state index in [0.29, 0.717) is 17.8 Å². The highest BCUT2D eigenvalue weighted by atomic mass is 16.6. The average Bonchev–Trinajstić information content (AvgIpc) is 2.08. The zero-order valence-electron chi connectivity index (χ0n) is 9.91. The highest BCUT2D eigenvalue weighted by molar-refractivity contribution is 5.71. The van der Waals surface area contributed by atoms with Crippen LogP contribution in [0.1, 0.15) is 27.2 Å². The van der Waals surface area contributed by atoms with Gasteiger partial charge in [0.05, 0.1) is 11.4 Å². The van der Waals surface area contributed by atoms with E-state index in [1.807, 2.05) is 0 Å². The molecule has 0 aromatic rings. The van der Waals surface area contributed by atoms with Gasteiger partial charge in [-0.05, 0) is 33.3 Å². The first-order chi connectivity index (χ1) is 7.28. The van der Waals surface area contributed by atoms with Crippen molar-refractivity contribution in [1.82, 2.24) is 5.32 Å². The minimum absolute atomic E-state index is 0.114. The van der Waals surface area contributed by atoms with Crippen LogP contribution in [-0.2, 0) is 4.74 Å². The lowest BCUT2D eigenvalue weighted by Crippen LogP contribution is -2.35. The summed E-state index contributed by atoms with van der Waals surface area (Å²) >= 11 is 0. The SMILES string of the molecule is CC(C)(C)OC(=O)NC1=CC(N)CC=C1N. The molecular weight excluding hydrogens is 206 g/mol. The van der Waals surface area contributed by atoms with Gasteiger partial charge < -0.3 is 16.2 Å². The number of carbonyl (C=O) groups is 1. The maximum Gasteiger partial charge on any atom is 0.412 e. The van der Waals surface area contributed by atoms with Gasteiger partial charge in [-0.2, -0.15) is 0 Å². The van der Waals surface area contributed by atoms with Gasteiger partial charge in [0.15, 0.2) is 0 Å². The Balaban J connectivity index is 2.60. The van der Waals surface area contributed by atoms with Crippen molar-refractivity contribution in [3.63, 3.8) is 0 Å². The number of nitrogens with two attached hydrogens (primary N) is 2. The Kier molecular flexibility index (Phi) is 3.59. The third-order valence-corrected chi connectivity index (χ3v) is 1.94. The summed E-state index contributed by atoms with van der Waals surface area (Å²) in [4.78, 5) is 11.5. The van der Waals surface area contributed by atoms with E-state index < -0.39 is 11.7 Å². The smallest absolute Gasteiger partial charge is 0.412 e. The second kappa shape index (κ2) is 4.57. The highest BCUT2D eigenvalue weighted by Crippen LogP contribution is 2.13. The third kappa shape index (κ3) is 3.94. The van der Waals surface area contributed by atoms with Crippen molar-refractivity contribution in [3.8, 4) is 0 Å². The summed E-state index contributed by atoms with van der Waals surface area (Å²) in [5, 5.41) is 2.58. The number of rotatable bonds is 1. The molecule has 0 fully saturated rings. The Morgan fingerprint density at radius 3 is 2.75 bits per heavy atom. The van der Waals surface area contributed by atoms with E-state index in [0.717, 1.165) is 0 Å². The lowest BCUT2D eigenvalue weighted by molar-refractivity contribution is 0.0546. The molecule has 5 nitrogen and oxygen atoms in total. The molecule has 0 bridgehead atoms. The van der Waals surface area contributed by atoms with Crippen molar-refractivity contribution in [2.45, 2.75) is 38.8 Å². The monoisotopic (exact) mass is 225 g/mol. The summed E-state index contributed by atoms with van der Waals surface area (Å²) in [5.74, 6) is 0. The van der Waals surface area contributed by atoms with Crippen LogP contribution >= 0.6 is 0 Å². The van der Waals surface area contributed by atoms with Gasteiger partial charge in [0.2, 0.25) is 0 Å². The van der Waals surface area contributed by atoms with Crippen LogP contribution in [0.2, 0.25) is 0 Å². The van der Waals surface area contributed by atoms with E-state index in [1.165, 1.54) is 0 Å². The van der Waals surface area contributed by atoms with Crippen molar-refractivity contribution in [3.05, 3.63) is 23.5 Å². The molecule has 1 atom stereocenters. The van der Waals surface area contributed by atoms with Gasteiger partial charge >= 0.3 is 6.09 Å². The summed E-state index contributed by atoms with van der Waals surface area (Å²) in [6.07, 6.45) is 3.67. The molecule has 1 rings (SSSR count). The minimum Gasteiger partial charge on any atom is -0.444 e. The van der Waals surface area contributed by atoms with Crippen molar-refractivity contribution in [1.29, 1.82) is 0 Å². The third-order valence-electron chi connectivity index (χ3n) is 1.94. The van der Waals surface area contributed by atoms with Crippen molar-refractivity contribution < 1.29 is 9.53 Å². The number of hydrogen-bond donors (Lipinski definition) is 3. The van der Waals surface area contributed by atoms with Crippen LogP contribution in [0.15, 0.2) is 23.5 Å². The summed E-state index contributed by atoms with van der Waals surface area (Å²) in [6.45, 7) is 5.40. The molecule has 5 N–H and O–H groups in total. The molecule has 0 saturated carbocycles. The summed E-state index contributed by atoms with van der Waals surface area (Å²) in [7, 11) is 0. The molecule has 0 aromatic heterocycles. The predicted molar refractivity (Wildman–Crippen MR) is 62.3 cm³/mol. The minimum atomic E-state index is -0.528. The number of carbonyl (C=O) groups excluding carboxylic acids is 1. The molecular formula is C11H19N3O2. The van der Waals surface area contributed by atoms with Crippen LogP contribution < -0.4 is 16.8 Å². The number of nitrogens with one attached hydrogen (secondary N) is 1. The quantitative estimate of drug-likeness (QED) is 0.620. The average molecular weight is 225 g/mol. The number of hydrogen-bond acceptors (Lipinski definition) is 4. The summed E-state index contributed by atoms with van der Waals surface area (Å²) in [6, 6.07) is -0.114. The fourth-order valence-electron chi connectivity index (χ4n) is 1.28. The first-order valence-electron chi connectivity index (χ1n) is 5.21. The normalized spacial score (nSPS) is 20.9. The van der Waals surface area contributed by atoms with Gasteiger partial charge in [-0.1, -0.05) is 6.08 Å². The molecule has 1 aliphatic rings. The maximum absolute atomic E-state index is 11.5. The zero-order valence-corrected chi connectivity index (χ0v) is 9.91. The van der Waals surface area contributed by atoms with Gasteiger partial charge in [-0.25, -0.2) is 4.79 Å². The highest BCUT2D eigenvalue weighted by Gasteiger charge is 2.19. The summed E-state index contributed by atoms with van der Waals surface area (Å²) in [5.41, 5.74) is 12.0. The Bertz CT molecular complexity index is 340. The number of ether oxygens (including phenoxy) is 1. The first-order valence-corrected chi connectivity index (χ1v) is 5.21. The Morgan fingerprint density at radius 1 is 1.56 bits per heavy atom. The summed E-state index contributed by atoms with van der Waals surface area (Å²) < 4.78 is 5.11. The lowest BCUT2D eigenvalue weighted by Gasteiger charge is -2.22. The lowest BCUT2D eigenvalue weighted by atomic mass is 10.1. The fourth-order valence-corrected chi connectivity index (χ4v) is 1.28. The van der Waals surface area contributed by atoms with Crippen molar-refractivity contribution in [2.75, 3.05) is 0 Å². The molecule has 16 heavy (non-hydrogen) atoms.